The van der Waals surface area contributed by atoms with Crippen LogP contribution in [0.3, 0.4) is 0 Å². The van der Waals surface area contributed by atoms with Crippen molar-refractivity contribution in [3.8, 4) is 0 Å². The van der Waals surface area contributed by atoms with E-state index in [0.29, 0.717) is 12.1 Å². The minimum atomic E-state index is -0.243. The molecular formula is C20H30N4O3. The third-order valence-corrected chi connectivity index (χ3v) is 5.26. The number of morpholine rings is 1. The summed E-state index contributed by atoms with van der Waals surface area (Å²) in [7, 11) is 0. The molecule has 0 bridgehead atoms. The van der Waals surface area contributed by atoms with Gasteiger partial charge in [-0.05, 0) is 25.0 Å². The van der Waals surface area contributed by atoms with Gasteiger partial charge in [-0.25, -0.2) is 0 Å². The minimum absolute atomic E-state index is 0.119. The predicted octanol–water partition coefficient (Wildman–Crippen LogP) is 1.60. The van der Waals surface area contributed by atoms with E-state index < -0.39 is 0 Å². The number of hydrogen-bond donors (Lipinski definition) is 2. The lowest BCUT2D eigenvalue weighted by Crippen LogP contribution is -2.41. The summed E-state index contributed by atoms with van der Waals surface area (Å²) >= 11 is 0. The number of ether oxygens (including phenoxy) is 1. The molecule has 1 saturated carbocycles. The molecule has 27 heavy (non-hydrogen) atoms. The molecule has 1 aliphatic heterocycles. The van der Waals surface area contributed by atoms with Crippen molar-refractivity contribution >= 4 is 11.8 Å². The maximum absolute atomic E-state index is 12.5. The van der Waals surface area contributed by atoms with Gasteiger partial charge in [0.2, 0.25) is 0 Å². The van der Waals surface area contributed by atoms with Crippen LogP contribution in [-0.2, 0) is 4.74 Å². The maximum atomic E-state index is 12.5. The summed E-state index contributed by atoms with van der Waals surface area (Å²) in [6.45, 7) is 4.62. The summed E-state index contributed by atoms with van der Waals surface area (Å²) in [5.41, 5.74) is 0.776. The zero-order chi connectivity index (χ0) is 18.9. The van der Waals surface area contributed by atoms with Crippen LogP contribution in [0.15, 0.2) is 18.3 Å². The van der Waals surface area contributed by atoms with Crippen molar-refractivity contribution < 1.29 is 14.3 Å². The molecule has 2 heterocycles. The fraction of sp³-hybridized carbons (Fsp3) is 0.650. The van der Waals surface area contributed by atoms with Crippen LogP contribution < -0.4 is 10.6 Å². The SMILES string of the molecule is O=C(NC1CCCCCC1)c1ccnc(C(=O)NCCN2CCOCC2)c1. The molecule has 1 saturated heterocycles. The molecule has 1 aliphatic carbocycles. The Morgan fingerprint density at radius 2 is 1.85 bits per heavy atom. The Hall–Kier alpha value is -1.99. The van der Waals surface area contributed by atoms with Crippen LogP contribution in [0.5, 0.6) is 0 Å². The standard InChI is InChI=1S/C20H30N4O3/c25-19(23-17-5-3-1-2-4-6-17)16-7-8-21-18(15-16)20(26)22-9-10-24-11-13-27-14-12-24/h7-8,15,17H,1-6,9-14H2,(H,22,26)(H,23,25). The van der Waals surface area contributed by atoms with Gasteiger partial charge in [0.25, 0.3) is 11.8 Å². The normalized spacial score (nSPS) is 19.3. The lowest BCUT2D eigenvalue weighted by molar-refractivity contribution is 0.0383. The molecule has 3 rings (SSSR count). The summed E-state index contributed by atoms with van der Waals surface area (Å²) in [6.07, 6.45) is 8.42. The molecule has 1 aromatic rings. The van der Waals surface area contributed by atoms with E-state index >= 15 is 0 Å². The van der Waals surface area contributed by atoms with Crippen molar-refractivity contribution in [1.29, 1.82) is 0 Å². The Bertz CT molecular complexity index is 623. The number of nitrogens with one attached hydrogen (secondary N) is 2. The van der Waals surface area contributed by atoms with E-state index in [0.717, 1.165) is 58.5 Å². The molecule has 148 valence electrons. The Morgan fingerprint density at radius 3 is 2.59 bits per heavy atom. The fourth-order valence-corrected chi connectivity index (χ4v) is 3.63. The molecule has 2 amide bonds. The number of aromatic nitrogens is 1. The van der Waals surface area contributed by atoms with Crippen LogP contribution >= 0.6 is 0 Å². The molecule has 0 aromatic carbocycles. The van der Waals surface area contributed by atoms with Crippen molar-refractivity contribution in [1.82, 2.24) is 20.5 Å². The van der Waals surface area contributed by atoms with E-state index in [1.54, 1.807) is 12.1 Å². The topological polar surface area (TPSA) is 83.6 Å². The van der Waals surface area contributed by atoms with Crippen molar-refractivity contribution in [3.05, 3.63) is 29.6 Å². The zero-order valence-corrected chi connectivity index (χ0v) is 15.9. The molecule has 2 aliphatic rings. The monoisotopic (exact) mass is 374 g/mol. The van der Waals surface area contributed by atoms with Gasteiger partial charge in [0.1, 0.15) is 5.69 Å². The van der Waals surface area contributed by atoms with Gasteiger partial charge in [-0.15, -0.1) is 0 Å². The van der Waals surface area contributed by atoms with Crippen molar-refractivity contribution in [2.24, 2.45) is 0 Å². The first kappa shape index (κ1) is 19.8. The number of rotatable bonds is 6. The third-order valence-electron chi connectivity index (χ3n) is 5.26. The Kier molecular flexibility index (Phi) is 7.59. The first-order valence-corrected chi connectivity index (χ1v) is 10.1. The van der Waals surface area contributed by atoms with E-state index in [1.165, 1.54) is 19.0 Å². The highest BCUT2D eigenvalue weighted by Crippen LogP contribution is 2.17. The lowest BCUT2D eigenvalue weighted by atomic mass is 10.1. The molecule has 2 fully saturated rings. The van der Waals surface area contributed by atoms with Crippen LogP contribution in [0, 0.1) is 0 Å². The maximum Gasteiger partial charge on any atom is 0.269 e. The van der Waals surface area contributed by atoms with Gasteiger partial charge in [0, 0.05) is 44.0 Å². The second-order valence-corrected chi connectivity index (χ2v) is 7.30. The van der Waals surface area contributed by atoms with Gasteiger partial charge in [-0.3, -0.25) is 19.5 Å². The largest absolute Gasteiger partial charge is 0.379 e. The Labute approximate surface area is 160 Å². The second-order valence-electron chi connectivity index (χ2n) is 7.30. The highest BCUT2D eigenvalue weighted by atomic mass is 16.5. The van der Waals surface area contributed by atoms with Crippen LogP contribution in [0.2, 0.25) is 0 Å². The first-order chi connectivity index (χ1) is 13.2. The highest BCUT2D eigenvalue weighted by Gasteiger charge is 2.17. The van der Waals surface area contributed by atoms with Gasteiger partial charge >= 0.3 is 0 Å². The fourth-order valence-electron chi connectivity index (χ4n) is 3.63. The molecule has 0 unspecified atom stereocenters. The molecule has 2 N–H and O–H groups in total. The molecule has 0 atom stereocenters. The van der Waals surface area contributed by atoms with E-state index in [2.05, 4.69) is 20.5 Å². The quantitative estimate of drug-likeness (QED) is 0.739. The molecule has 0 radical (unpaired) electrons. The van der Waals surface area contributed by atoms with E-state index in [9.17, 15) is 9.59 Å². The number of hydrogen-bond acceptors (Lipinski definition) is 5. The van der Waals surface area contributed by atoms with E-state index in [4.69, 9.17) is 4.74 Å². The molecule has 0 spiro atoms. The van der Waals surface area contributed by atoms with Gasteiger partial charge < -0.3 is 15.4 Å². The summed E-state index contributed by atoms with van der Waals surface area (Å²) in [4.78, 5) is 31.3. The summed E-state index contributed by atoms with van der Waals surface area (Å²) in [6, 6.07) is 3.48. The Balaban J connectivity index is 1.49. The molecule has 7 nitrogen and oxygen atoms in total. The Morgan fingerprint density at radius 1 is 1.11 bits per heavy atom. The molecule has 7 heteroatoms. The second kappa shape index (κ2) is 10.4. The zero-order valence-electron chi connectivity index (χ0n) is 15.9. The number of pyridine rings is 1. The van der Waals surface area contributed by atoms with Gasteiger partial charge in [0.15, 0.2) is 0 Å². The lowest BCUT2D eigenvalue weighted by Gasteiger charge is -2.26. The van der Waals surface area contributed by atoms with Crippen molar-refractivity contribution in [2.75, 3.05) is 39.4 Å². The minimum Gasteiger partial charge on any atom is -0.379 e. The van der Waals surface area contributed by atoms with Crippen LogP contribution in [-0.4, -0.2) is 67.1 Å². The highest BCUT2D eigenvalue weighted by molar-refractivity contribution is 5.98. The number of carbonyl (C=O) groups excluding carboxylic acids is 2. The number of amides is 2. The number of nitrogens with zero attached hydrogens (tertiary/aromatic N) is 2. The van der Waals surface area contributed by atoms with E-state index in [-0.39, 0.29) is 23.6 Å². The first-order valence-electron chi connectivity index (χ1n) is 10.1. The van der Waals surface area contributed by atoms with Gasteiger partial charge in [-0.2, -0.15) is 0 Å². The van der Waals surface area contributed by atoms with Crippen LogP contribution in [0.25, 0.3) is 0 Å². The molecular weight excluding hydrogens is 344 g/mol. The summed E-state index contributed by atoms with van der Waals surface area (Å²) in [5, 5.41) is 6.00. The van der Waals surface area contributed by atoms with Crippen molar-refractivity contribution in [2.45, 2.75) is 44.6 Å². The van der Waals surface area contributed by atoms with Gasteiger partial charge in [-0.1, -0.05) is 25.7 Å². The summed E-state index contributed by atoms with van der Waals surface area (Å²) < 4.78 is 5.32. The average Bonchev–Trinajstić information content (AvgIpc) is 2.97. The smallest absolute Gasteiger partial charge is 0.269 e. The van der Waals surface area contributed by atoms with E-state index in [1.807, 2.05) is 0 Å². The van der Waals surface area contributed by atoms with Crippen LogP contribution in [0.4, 0.5) is 0 Å². The van der Waals surface area contributed by atoms with Crippen molar-refractivity contribution in [3.63, 3.8) is 0 Å². The third kappa shape index (κ3) is 6.29. The predicted molar refractivity (Wildman–Crippen MR) is 103 cm³/mol. The molecule has 1 aromatic heterocycles. The van der Waals surface area contributed by atoms with Gasteiger partial charge in [0.05, 0.1) is 13.2 Å². The summed E-state index contributed by atoms with van der Waals surface area (Å²) in [5.74, 6) is -0.362. The van der Waals surface area contributed by atoms with Crippen LogP contribution in [0.1, 0.15) is 59.4 Å². The average molecular weight is 374 g/mol. The number of carbonyl (C=O) groups is 2.